The van der Waals surface area contributed by atoms with Gasteiger partial charge in [0.25, 0.3) is 0 Å². The van der Waals surface area contributed by atoms with Crippen molar-refractivity contribution in [1.29, 1.82) is 0 Å². The summed E-state index contributed by atoms with van der Waals surface area (Å²) in [6.45, 7) is 9.45. The topological polar surface area (TPSA) is 15.7 Å². The molecule has 2 saturated heterocycles. The van der Waals surface area contributed by atoms with Crippen molar-refractivity contribution in [2.24, 2.45) is 0 Å². The van der Waals surface area contributed by atoms with Crippen molar-refractivity contribution in [1.82, 2.24) is 9.80 Å². The summed E-state index contributed by atoms with van der Waals surface area (Å²) in [6, 6.07) is 1.52. The third kappa shape index (κ3) is 1.95. The maximum Gasteiger partial charge on any atom is 0.0710 e. The monoisotopic (exact) mass is 198 g/mol. The largest absolute Gasteiger partial charge is 0.380 e. The van der Waals surface area contributed by atoms with Gasteiger partial charge in [0.1, 0.15) is 0 Å². The van der Waals surface area contributed by atoms with Crippen LogP contribution in [-0.2, 0) is 4.74 Å². The Balaban J connectivity index is 1.73. The highest BCUT2D eigenvalue weighted by Crippen LogP contribution is 2.22. The van der Waals surface area contributed by atoms with Crippen LogP contribution in [0.15, 0.2) is 0 Å². The second-order valence-electron chi connectivity index (χ2n) is 4.84. The molecule has 2 heterocycles. The lowest BCUT2D eigenvalue weighted by atomic mass is 10.1. The van der Waals surface area contributed by atoms with Crippen molar-refractivity contribution in [3.8, 4) is 0 Å². The van der Waals surface area contributed by atoms with Crippen LogP contribution in [0, 0.1) is 0 Å². The van der Waals surface area contributed by atoms with Gasteiger partial charge in [0.2, 0.25) is 0 Å². The van der Waals surface area contributed by atoms with E-state index in [2.05, 4.69) is 23.6 Å². The van der Waals surface area contributed by atoms with E-state index in [1.165, 1.54) is 26.1 Å². The molecule has 0 radical (unpaired) electrons. The lowest BCUT2D eigenvalue weighted by molar-refractivity contribution is 0.0159. The molecule has 3 nitrogen and oxygen atoms in total. The van der Waals surface area contributed by atoms with Crippen molar-refractivity contribution in [2.75, 3.05) is 33.3 Å². The smallest absolute Gasteiger partial charge is 0.0710 e. The number of methoxy groups -OCH3 is 1. The zero-order chi connectivity index (χ0) is 10.1. The fourth-order valence-corrected chi connectivity index (χ4v) is 2.42. The molecule has 0 saturated carbocycles. The zero-order valence-electron chi connectivity index (χ0n) is 9.57. The lowest BCUT2D eigenvalue weighted by Gasteiger charge is -2.46. The van der Waals surface area contributed by atoms with E-state index >= 15 is 0 Å². The van der Waals surface area contributed by atoms with Crippen molar-refractivity contribution in [2.45, 2.75) is 38.5 Å². The van der Waals surface area contributed by atoms with Gasteiger partial charge >= 0.3 is 0 Å². The van der Waals surface area contributed by atoms with Crippen LogP contribution in [0.5, 0.6) is 0 Å². The lowest BCUT2D eigenvalue weighted by Crippen LogP contribution is -2.60. The van der Waals surface area contributed by atoms with Crippen molar-refractivity contribution < 1.29 is 4.74 Å². The number of nitrogens with zero attached hydrogens (tertiary/aromatic N) is 2. The van der Waals surface area contributed by atoms with Gasteiger partial charge in [0.05, 0.1) is 6.10 Å². The van der Waals surface area contributed by atoms with E-state index < -0.39 is 0 Å². The SMILES string of the molecule is CO[C@@H]1CCN(C2CN(C(C)C)C2)C1. The first-order valence-electron chi connectivity index (χ1n) is 5.71. The molecular weight excluding hydrogens is 176 g/mol. The Morgan fingerprint density at radius 1 is 1.21 bits per heavy atom. The minimum atomic E-state index is 0.489. The van der Waals surface area contributed by atoms with Crippen LogP contribution in [0.4, 0.5) is 0 Å². The molecule has 82 valence electrons. The van der Waals surface area contributed by atoms with Gasteiger partial charge in [0, 0.05) is 45.4 Å². The Bertz CT molecular complexity index is 190. The van der Waals surface area contributed by atoms with E-state index in [9.17, 15) is 0 Å². The molecule has 0 unspecified atom stereocenters. The van der Waals surface area contributed by atoms with Gasteiger partial charge in [0.15, 0.2) is 0 Å². The molecular formula is C11H22N2O. The fourth-order valence-electron chi connectivity index (χ4n) is 2.42. The molecule has 1 atom stereocenters. The molecule has 0 aromatic heterocycles. The van der Waals surface area contributed by atoms with Crippen LogP contribution < -0.4 is 0 Å². The molecule has 2 aliphatic rings. The first kappa shape index (κ1) is 10.4. The maximum atomic E-state index is 5.38. The zero-order valence-corrected chi connectivity index (χ0v) is 9.57. The molecule has 0 aliphatic carbocycles. The molecule has 0 N–H and O–H groups in total. The molecule has 14 heavy (non-hydrogen) atoms. The van der Waals surface area contributed by atoms with Crippen LogP contribution in [0.2, 0.25) is 0 Å². The molecule has 2 rings (SSSR count). The first-order chi connectivity index (χ1) is 6.70. The Morgan fingerprint density at radius 3 is 2.43 bits per heavy atom. The Hall–Kier alpha value is -0.120. The average molecular weight is 198 g/mol. The normalized spacial score (nSPS) is 31.3. The van der Waals surface area contributed by atoms with Crippen LogP contribution in [0.25, 0.3) is 0 Å². The Morgan fingerprint density at radius 2 is 1.93 bits per heavy atom. The number of ether oxygens (including phenoxy) is 1. The van der Waals surface area contributed by atoms with Gasteiger partial charge < -0.3 is 4.74 Å². The van der Waals surface area contributed by atoms with Crippen LogP contribution in [-0.4, -0.2) is 61.3 Å². The second kappa shape index (κ2) is 4.17. The maximum absolute atomic E-state index is 5.38. The number of hydrogen-bond donors (Lipinski definition) is 0. The number of likely N-dealkylation sites (tertiary alicyclic amines) is 2. The molecule has 0 spiro atoms. The fraction of sp³-hybridized carbons (Fsp3) is 1.00. The molecule has 0 aromatic rings. The standard InChI is InChI=1S/C11H22N2O/c1-9(2)13-6-10(7-13)12-5-4-11(8-12)14-3/h9-11H,4-8H2,1-3H3/t11-/m1/s1. The quantitative estimate of drug-likeness (QED) is 0.667. The molecule has 3 heteroatoms. The van der Waals surface area contributed by atoms with Crippen molar-refractivity contribution in [3.63, 3.8) is 0 Å². The highest BCUT2D eigenvalue weighted by Gasteiger charge is 2.36. The van der Waals surface area contributed by atoms with E-state index in [0.29, 0.717) is 12.1 Å². The summed E-state index contributed by atoms with van der Waals surface area (Å²) in [5, 5.41) is 0. The second-order valence-corrected chi connectivity index (χ2v) is 4.84. The van der Waals surface area contributed by atoms with Gasteiger partial charge in [-0.3, -0.25) is 9.80 Å². The summed E-state index contributed by atoms with van der Waals surface area (Å²) in [5.41, 5.74) is 0. The number of rotatable bonds is 3. The van der Waals surface area contributed by atoms with E-state index in [-0.39, 0.29) is 0 Å². The summed E-state index contributed by atoms with van der Waals surface area (Å²) in [7, 11) is 1.83. The molecule has 0 aromatic carbocycles. The van der Waals surface area contributed by atoms with E-state index in [1.807, 2.05) is 7.11 Å². The molecule has 0 amide bonds. The molecule has 2 fully saturated rings. The van der Waals surface area contributed by atoms with Crippen molar-refractivity contribution in [3.05, 3.63) is 0 Å². The molecule has 2 aliphatic heterocycles. The van der Waals surface area contributed by atoms with E-state index in [4.69, 9.17) is 4.74 Å². The summed E-state index contributed by atoms with van der Waals surface area (Å²) in [4.78, 5) is 5.12. The van der Waals surface area contributed by atoms with Gasteiger partial charge in [-0.15, -0.1) is 0 Å². The minimum Gasteiger partial charge on any atom is -0.380 e. The van der Waals surface area contributed by atoms with Gasteiger partial charge in [-0.1, -0.05) is 0 Å². The minimum absolute atomic E-state index is 0.489. The highest BCUT2D eigenvalue weighted by atomic mass is 16.5. The average Bonchev–Trinajstić information content (AvgIpc) is 2.49. The van der Waals surface area contributed by atoms with Gasteiger partial charge in [-0.25, -0.2) is 0 Å². The Kier molecular flexibility index (Phi) is 3.10. The predicted octanol–water partition coefficient (Wildman–Crippen LogP) is 0.800. The molecule has 0 bridgehead atoms. The van der Waals surface area contributed by atoms with Gasteiger partial charge in [-0.05, 0) is 20.3 Å². The van der Waals surface area contributed by atoms with E-state index in [1.54, 1.807) is 0 Å². The van der Waals surface area contributed by atoms with Crippen LogP contribution >= 0.6 is 0 Å². The van der Waals surface area contributed by atoms with Crippen LogP contribution in [0.3, 0.4) is 0 Å². The third-order valence-corrected chi connectivity index (χ3v) is 3.65. The predicted molar refractivity (Wildman–Crippen MR) is 57.5 cm³/mol. The van der Waals surface area contributed by atoms with E-state index in [0.717, 1.165) is 12.6 Å². The summed E-state index contributed by atoms with van der Waals surface area (Å²) in [6.07, 6.45) is 1.71. The first-order valence-corrected chi connectivity index (χ1v) is 5.71. The van der Waals surface area contributed by atoms with Crippen LogP contribution in [0.1, 0.15) is 20.3 Å². The highest BCUT2D eigenvalue weighted by molar-refractivity contribution is 4.93. The number of hydrogen-bond acceptors (Lipinski definition) is 3. The third-order valence-electron chi connectivity index (χ3n) is 3.65. The Labute approximate surface area is 87.0 Å². The summed E-state index contributed by atoms with van der Waals surface area (Å²) >= 11 is 0. The summed E-state index contributed by atoms with van der Waals surface area (Å²) < 4.78 is 5.38. The van der Waals surface area contributed by atoms with Crippen molar-refractivity contribution >= 4 is 0 Å². The summed E-state index contributed by atoms with van der Waals surface area (Å²) in [5.74, 6) is 0. The van der Waals surface area contributed by atoms with Gasteiger partial charge in [-0.2, -0.15) is 0 Å².